The topological polar surface area (TPSA) is 32.8 Å². The van der Waals surface area contributed by atoms with Crippen LogP contribution in [0.2, 0.25) is 5.02 Å². The minimum Gasteiger partial charge on any atom is -0.357 e. The van der Waals surface area contributed by atoms with Gasteiger partial charge in [0.2, 0.25) is 0 Å². The van der Waals surface area contributed by atoms with E-state index in [2.05, 4.69) is 54.8 Å². The fourth-order valence-corrected chi connectivity index (χ4v) is 3.91. The molecule has 0 aromatic heterocycles. The van der Waals surface area contributed by atoms with Gasteiger partial charge in [-0.1, -0.05) is 41.9 Å². The summed E-state index contributed by atoms with van der Waals surface area (Å²) in [6, 6.07) is 17.7. The van der Waals surface area contributed by atoms with E-state index in [9.17, 15) is 4.79 Å². The molecule has 0 radical (unpaired) electrons. The lowest BCUT2D eigenvalue weighted by molar-refractivity contribution is -0.140. The van der Waals surface area contributed by atoms with Crippen molar-refractivity contribution < 1.29 is 9.53 Å². The Labute approximate surface area is 210 Å². The van der Waals surface area contributed by atoms with Crippen molar-refractivity contribution in [1.29, 1.82) is 0 Å². The summed E-state index contributed by atoms with van der Waals surface area (Å²) in [6.07, 6.45) is 1.48. The SMILES string of the molecule is CC(C)(C)OC(Cc1ccccc1)N1CCN(CCC(=O)c2ccc(Cl)cc2)CC1.Cl.Cl. The van der Waals surface area contributed by atoms with Crippen LogP contribution in [0.5, 0.6) is 0 Å². The van der Waals surface area contributed by atoms with E-state index in [4.69, 9.17) is 16.3 Å². The average Bonchev–Trinajstić information content (AvgIpc) is 2.72. The van der Waals surface area contributed by atoms with Gasteiger partial charge in [-0.2, -0.15) is 0 Å². The number of ketones is 1. The van der Waals surface area contributed by atoms with Gasteiger partial charge in [0, 0.05) is 56.2 Å². The Hall–Kier alpha value is -1.14. The molecule has 1 fully saturated rings. The van der Waals surface area contributed by atoms with Crippen molar-refractivity contribution in [3.8, 4) is 0 Å². The van der Waals surface area contributed by atoms with Crippen molar-refractivity contribution >= 4 is 42.2 Å². The first-order valence-corrected chi connectivity index (χ1v) is 11.1. The van der Waals surface area contributed by atoms with Gasteiger partial charge in [0.05, 0.1) is 5.60 Å². The van der Waals surface area contributed by atoms with Crippen molar-refractivity contribution in [2.24, 2.45) is 0 Å². The highest BCUT2D eigenvalue weighted by Crippen LogP contribution is 2.20. The van der Waals surface area contributed by atoms with Crippen LogP contribution in [0.25, 0.3) is 0 Å². The number of carbonyl (C=O) groups excluding carboxylic acids is 1. The molecule has 1 atom stereocenters. The molecule has 0 bridgehead atoms. The van der Waals surface area contributed by atoms with Gasteiger partial charge < -0.3 is 9.64 Å². The standard InChI is InChI=1S/C25H33ClN2O2.2ClH/c1-25(2,3)30-24(19-20-7-5-4-6-8-20)28-17-15-27(16-18-28)14-13-23(29)21-9-11-22(26)12-10-21;;/h4-12,24H,13-19H2,1-3H3;2*1H. The van der Waals surface area contributed by atoms with Crippen LogP contribution in [0.1, 0.15) is 43.1 Å². The molecule has 1 aliphatic heterocycles. The molecule has 1 unspecified atom stereocenters. The third kappa shape index (κ3) is 9.38. The quantitative estimate of drug-likeness (QED) is 0.431. The van der Waals surface area contributed by atoms with Gasteiger partial charge in [0.1, 0.15) is 6.23 Å². The molecule has 2 aromatic rings. The van der Waals surface area contributed by atoms with Crippen molar-refractivity contribution in [1.82, 2.24) is 9.80 Å². The van der Waals surface area contributed by atoms with E-state index in [-0.39, 0.29) is 42.4 Å². The zero-order valence-electron chi connectivity index (χ0n) is 19.1. The van der Waals surface area contributed by atoms with Crippen LogP contribution in [0.4, 0.5) is 0 Å². The molecule has 1 aliphatic rings. The summed E-state index contributed by atoms with van der Waals surface area (Å²) in [7, 11) is 0. The number of benzene rings is 2. The second-order valence-corrected chi connectivity index (χ2v) is 9.37. The summed E-state index contributed by atoms with van der Waals surface area (Å²) >= 11 is 5.91. The summed E-state index contributed by atoms with van der Waals surface area (Å²) in [6.45, 7) is 10.9. The van der Waals surface area contributed by atoms with Gasteiger partial charge in [0.25, 0.3) is 0 Å². The number of piperazine rings is 1. The van der Waals surface area contributed by atoms with Crippen LogP contribution in [0, 0.1) is 0 Å². The molecule has 0 saturated carbocycles. The number of ether oxygens (including phenoxy) is 1. The monoisotopic (exact) mass is 500 g/mol. The van der Waals surface area contributed by atoms with Gasteiger partial charge in [-0.05, 0) is 50.6 Å². The average molecular weight is 502 g/mol. The Kier molecular flexibility index (Phi) is 12.2. The molecule has 0 aliphatic carbocycles. The lowest BCUT2D eigenvalue weighted by atomic mass is 10.1. The largest absolute Gasteiger partial charge is 0.357 e. The van der Waals surface area contributed by atoms with Crippen molar-refractivity contribution in [2.45, 2.75) is 45.4 Å². The van der Waals surface area contributed by atoms with Crippen LogP contribution < -0.4 is 0 Å². The minimum atomic E-state index is -0.193. The summed E-state index contributed by atoms with van der Waals surface area (Å²) in [5.41, 5.74) is 1.84. The number of carbonyl (C=O) groups is 1. The Morgan fingerprint density at radius 1 is 0.969 bits per heavy atom. The van der Waals surface area contributed by atoms with Gasteiger partial charge in [-0.3, -0.25) is 9.69 Å². The molecule has 32 heavy (non-hydrogen) atoms. The van der Waals surface area contributed by atoms with E-state index >= 15 is 0 Å². The zero-order chi connectivity index (χ0) is 21.6. The Morgan fingerprint density at radius 2 is 1.56 bits per heavy atom. The maximum Gasteiger partial charge on any atom is 0.164 e. The molecule has 2 aromatic carbocycles. The van der Waals surface area contributed by atoms with E-state index in [1.165, 1.54) is 5.56 Å². The highest BCUT2D eigenvalue weighted by Gasteiger charge is 2.28. The van der Waals surface area contributed by atoms with E-state index < -0.39 is 0 Å². The normalized spacial score (nSPS) is 16.0. The molecule has 178 valence electrons. The first-order valence-electron chi connectivity index (χ1n) is 10.8. The minimum absolute atomic E-state index is 0. The number of Topliss-reactive ketones (excluding diaryl/α,β-unsaturated/α-hetero) is 1. The first-order chi connectivity index (χ1) is 14.3. The fourth-order valence-electron chi connectivity index (χ4n) is 3.78. The smallest absolute Gasteiger partial charge is 0.164 e. The maximum absolute atomic E-state index is 12.4. The van der Waals surface area contributed by atoms with Gasteiger partial charge >= 0.3 is 0 Å². The number of hydrogen-bond donors (Lipinski definition) is 0. The molecule has 4 nitrogen and oxygen atoms in total. The third-order valence-electron chi connectivity index (χ3n) is 5.38. The van der Waals surface area contributed by atoms with Gasteiger partial charge in [-0.15, -0.1) is 24.8 Å². The molecule has 0 amide bonds. The lowest BCUT2D eigenvalue weighted by Crippen LogP contribution is -2.53. The van der Waals surface area contributed by atoms with Crippen LogP contribution in [0.15, 0.2) is 54.6 Å². The Balaban J connectivity index is 0.00000256. The molecule has 7 heteroatoms. The fraction of sp³-hybridized carbons (Fsp3) is 0.480. The van der Waals surface area contributed by atoms with E-state index in [0.717, 1.165) is 44.7 Å². The van der Waals surface area contributed by atoms with E-state index in [0.29, 0.717) is 11.4 Å². The zero-order valence-corrected chi connectivity index (χ0v) is 21.5. The van der Waals surface area contributed by atoms with E-state index in [1.54, 1.807) is 24.3 Å². The van der Waals surface area contributed by atoms with Crippen LogP contribution >= 0.6 is 36.4 Å². The predicted molar refractivity (Wildman–Crippen MR) is 138 cm³/mol. The van der Waals surface area contributed by atoms with Gasteiger partial charge in [0.15, 0.2) is 5.78 Å². The number of halogens is 3. The number of rotatable bonds is 8. The summed E-state index contributed by atoms with van der Waals surface area (Å²) in [5.74, 6) is 0.173. The maximum atomic E-state index is 12.4. The number of hydrogen-bond acceptors (Lipinski definition) is 4. The number of nitrogens with zero attached hydrogens (tertiary/aromatic N) is 2. The van der Waals surface area contributed by atoms with Crippen molar-refractivity contribution in [2.75, 3.05) is 32.7 Å². The van der Waals surface area contributed by atoms with Crippen LogP contribution in [-0.2, 0) is 11.2 Å². The summed E-state index contributed by atoms with van der Waals surface area (Å²) in [4.78, 5) is 17.2. The molecule has 1 saturated heterocycles. The summed E-state index contributed by atoms with van der Waals surface area (Å²) in [5, 5.41) is 0.658. The second-order valence-electron chi connectivity index (χ2n) is 8.93. The highest BCUT2D eigenvalue weighted by molar-refractivity contribution is 6.30. The van der Waals surface area contributed by atoms with Crippen molar-refractivity contribution in [3.63, 3.8) is 0 Å². The molecule has 3 rings (SSSR count). The lowest BCUT2D eigenvalue weighted by Gasteiger charge is -2.41. The highest BCUT2D eigenvalue weighted by atomic mass is 35.5. The third-order valence-corrected chi connectivity index (χ3v) is 5.63. The molecular formula is C25H35Cl3N2O2. The predicted octanol–water partition coefficient (Wildman–Crippen LogP) is 5.76. The molecule has 0 N–H and O–H groups in total. The molecular weight excluding hydrogens is 467 g/mol. The van der Waals surface area contributed by atoms with E-state index in [1.807, 2.05) is 6.07 Å². The second kappa shape index (κ2) is 13.5. The van der Waals surface area contributed by atoms with Crippen molar-refractivity contribution in [3.05, 3.63) is 70.7 Å². The van der Waals surface area contributed by atoms with Crippen LogP contribution in [-0.4, -0.2) is 60.1 Å². The molecule has 1 heterocycles. The Morgan fingerprint density at radius 3 is 2.12 bits per heavy atom. The van der Waals surface area contributed by atoms with Gasteiger partial charge in [-0.25, -0.2) is 0 Å². The van der Waals surface area contributed by atoms with Crippen LogP contribution in [0.3, 0.4) is 0 Å². The Bertz CT molecular complexity index is 802. The first kappa shape index (κ1) is 28.9. The molecule has 0 spiro atoms. The summed E-state index contributed by atoms with van der Waals surface area (Å²) < 4.78 is 6.42.